The van der Waals surface area contributed by atoms with Gasteiger partial charge in [-0.2, -0.15) is 0 Å². The summed E-state index contributed by atoms with van der Waals surface area (Å²) in [4.78, 5) is 2.39. The second-order valence-corrected chi connectivity index (χ2v) is 6.16. The van der Waals surface area contributed by atoms with Gasteiger partial charge >= 0.3 is 0 Å². The standard InChI is InChI=1S/C17H22N2/c1-17(9-4-3-5-10-17)15-12-19(2)11-14-13(15)7-6-8-16(14)18/h3-9,15H,10-12,18H2,1-2H3. The summed E-state index contributed by atoms with van der Waals surface area (Å²) in [5.74, 6) is 0.519. The molecule has 1 aliphatic heterocycles. The first-order valence-electron chi connectivity index (χ1n) is 7.00. The van der Waals surface area contributed by atoms with Crippen LogP contribution in [0.15, 0.2) is 42.5 Å². The summed E-state index contributed by atoms with van der Waals surface area (Å²) >= 11 is 0. The Balaban J connectivity index is 2.06. The summed E-state index contributed by atoms with van der Waals surface area (Å²) < 4.78 is 0. The number of rotatable bonds is 1. The van der Waals surface area contributed by atoms with Gasteiger partial charge in [-0.05, 0) is 36.1 Å². The van der Waals surface area contributed by atoms with Gasteiger partial charge in [0, 0.05) is 24.7 Å². The number of nitrogen functional groups attached to an aromatic ring is 1. The molecule has 2 nitrogen and oxygen atoms in total. The number of hydrogen-bond acceptors (Lipinski definition) is 2. The zero-order chi connectivity index (χ0) is 13.5. The van der Waals surface area contributed by atoms with Gasteiger partial charge in [-0.25, -0.2) is 0 Å². The fourth-order valence-electron chi connectivity index (χ4n) is 3.44. The fraction of sp³-hybridized carbons (Fsp3) is 0.412. The molecule has 0 fully saturated rings. The highest BCUT2D eigenvalue weighted by Crippen LogP contribution is 2.46. The van der Waals surface area contributed by atoms with Gasteiger partial charge in [0.2, 0.25) is 0 Å². The molecule has 0 amide bonds. The molecule has 1 aromatic carbocycles. The molecule has 0 bridgehead atoms. The topological polar surface area (TPSA) is 29.3 Å². The molecule has 2 unspecified atom stereocenters. The molecular formula is C17H22N2. The van der Waals surface area contributed by atoms with Crippen molar-refractivity contribution in [1.82, 2.24) is 4.90 Å². The molecule has 1 aliphatic carbocycles. The molecule has 1 aromatic rings. The van der Waals surface area contributed by atoms with Gasteiger partial charge in [0.25, 0.3) is 0 Å². The van der Waals surface area contributed by atoms with Gasteiger partial charge in [-0.3, -0.25) is 0 Å². The van der Waals surface area contributed by atoms with Crippen LogP contribution in [0, 0.1) is 5.41 Å². The fourth-order valence-corrected chi connectivity index (χ4v) is 3.44. The molecule has 2 atom stereocenters. The van der Waals surface area contributed by atoms with E-state index in [-0.39, 0.29) is 5.41 Å². The first-order chi connectivity index (χ1) is 9.10. The number of anilines is 1. The lowest BCUT2D eigenvalue weighted by atomic mass is 9.67. The predicted octanol–water partition coefficient (Wildman–Crippen LogP) is 3.32. The molecule has 100 valence electrons. The summed E-state index contributed by atoms with van der Waals surface area (Å²) in [6.45, 7) is 4.43. The Hall–Kier alpha value is -1.54. The molecule has 19 heavy (non-hydrogen) atoms. The van der Waals surface area contributed by atoms with Crippen LogP contribution in [0.2, 0.25) is 0 Å². The normalized spacial score (nSPS) is 30.3. The Morgan fingerprint density at radius 3 is 2.89 bits per heavy atom. The highest BCUT2D eigenvalue weighted by molar-refractivity contribution is 5.53. The summed E-state index contributed by atoms with van der Waals surface area (Å²) in [6, 6.07) is 6.38. The molecule has 0 saturated heterocycles. The largest absolute Gasteiger partial charge is 0.398 e. The number of hydrogen-bond donors (Lipinski definition) is 1. The molecule has 0 radical (unpaired) electrons. The summed E-state index contributed by atoms with van der Waals surface area (Å²) in [7, 11) is 2.19. The molecule has 2 aliphatic rings. The number of benzene rings is 1. The van der Waals surface area contributed by atoms with Crippen LogP contribution in [0.3, 0.4) is 0 Å². The van der Waals surface area contributed by atoms with Crippen molar-refractivity contribution in [3.8, 4) is 0 Å². The van der Waals surface area contributed by atoms with Crippen molar-refractivity contribution >= 4 is 5.69 Å². The summed E-state index contributed by atoms with van der Waals surface area (Å²) in [5.41, 5.74) is 10.1. The van der Waals surface area contributed by atoms with Crippen LogP contribution in [-0.2, 0) is 6.54 Å². The second-order valence-electron chi connectivity index (χ2n) is 6.16. The van der Waals surface area contributed by atoms with E-state index in [0.717, 1.165) is 25.2 Å². The minimum atomic E-state index is 0.200. The van der Waals surface area contributed by atoms with E-state index in [1.807, 2.05) is 6.07 Å². The van der Waals surface area contributed by atoms with Gasteiger partial charge in [-0.15, -0.1) is 0 Å². The van der Waals surface area contributed by atoms with Crippen LogP contribution in [0.1, 0.15) is 30.4 Å². The van der Waals surface area contributed by atoms with Crippen molar-refractivity contribution in [2.45, 2.75) is 25.8 Å². The Morgan fingerprint density at radius 2 is 2.16 bits per heavy atom. The molecule has 2 N–H and O–H groups in total. The van der Waals surface area contributed by atoms with Gasteiger partial charge in [-0.1, -0.05) is 43.4 Å². The summed E-state index contributed by atoms with van der Waals surface area (Å²) in [6.07, 6.45) is 10.1. The second kappa shape index (κ2) is 4.53. The molecule has 0 aromatic heterocycles. The average Bonchev–Trinajstić information content (AvgIpc) is 2.40. The molecule has 0 spiro atoms. The number of likely N-dealkylation sites (N-methyl/N-ethyl adjacent to an activating group) is 1. The quantitative estimate of drug-likeness (QED) is 0.779. The van der Waals surface area contributed by atoms with E-state index < -0.39 is 0 Å². The lowest BCUT2D eigenvalue weighted by molar-refractivity contribution is 0.208. The average molecular weight is 254 g/mol. The number of nitrogens with zero attached hydrogens (tertiary/aromatic N) is 1. The maximum absolute atomic E-state index is 6.18. The monoisotopic (exact) mass is 254 g/mol. The highest BCUT2D eigenvalue weighted by Gasteiger charge is 2.37. The van der Waals surface area contributed by atoms with Crippen LogP contribution >= 0.6 is 0 Å². The highest BCUT2D eigenvalue weighted by atomic mass is 15.1. The van der Waals surface area contributed by atoms with Crippen molar-refractivity contribution < 1.29 is 0 Å². The van der Waals surface area contributed by atoms with Crippen molar-refractivity contribution in [2.75, 3.05) is 19.3 Å². The van der Waals surface area contributed by atoms with Crippen molar-refractivity contribution in [2.24, 2.45) is 5.41 Å². The third-order valence-corrected chi connectivity index (χ3v) is 4.62. The Kier molecular flexibility index (Phi) is 2.98. The minimum Gasteiger partial charge on any atom is -0.398 e. The first kappa shape index (κ1) is 12.5. The van der Waals surface area contributed by atoms with Crippen LogP contribution < -0.4 is 5.73 Å². The number of nitrogens with two attached hydrogens (primary N) is 1. The lowest BCUT2D eigenvalue weighted by Crippen LogP contribution is -2.38. The van der Waals surface area contributed by atoms with E-state index in [2.05, 4.69) is 55.3 Å². The van der Waals surface area contributed by atoms with Crippen molar-refractivity contribution in [1.29, 1.82) is 0 Å². The van der Waals surface area contributed by atoms with E-state index in [1.165, 1.54) is 11.1 Å². The first-order valence-corrected chi connectivity index (χ1v) is 7.00. The van der Waals surface area contributed by atoms with E-state index in [0.29, 0.717) is 5.92 Å². The minimum absolute atomic E-state index is 0.200. The maximum atomic E-state index is 6.18. The smallest absolute Gasteiger partial charge is 0.0362 e. The van der Waals surface area contributed by atoms with E-state index in [4.69, 9.17) is 5.73 Å². The molecular weight excluding hydrogens is 232 g/mol. The third kappa shape index (κ3) is 2.10. The molecule has 0 saturated carbocycles. The molecule has 2 heteroatoms. The van der Waals surface area contributed by atoms with E-state index >= 15 is 0 Å². The van der Waals surface area contributed by atoms with Crippen molar-refractivity contribution in [3.63, 3.8) is 0 Å². The summed E-state index contributed by atoms with van der Waals surface area (Å²) in [5, 5.41) is 0. The van der Waals surface area contributed by atoms with Crippen LogP contribution in [0.4, 0.5) is 5.69 Å². The molecule has 3 rings (SSSR count). The third-order valence-electron chi connectivity index (χ3n) is 4.62. The van der Waals surface area contributed by atoms with Gasteiger partial charge < -0.3 is 10.6 Å². The van der Waals surface area contributed by atoms with Crippen LogP contribution in [0.25, 0.3) is 0 Å². The van der Waals surface area contributed by atoms with Gasteiger partial charge in [0.1, 0.15) is 0 Å². The SMILES string of the molecule is CN1Cc2c(N)cccc2C(C2(C)C=CC=CC2)C1. The molecule has 1 heterocycles. The number of fused-ring (bicyclic) bond motifs is 1. The van der Waals surface area contributed by atoms with Crippen LogP contribution in [-0.4, -0.2) is 18.5 Å². The number of allylic oxidation sites excluding steroid dienone is 4. The zero-order valence-corrected chi connectivity index (χ0v) is 11.8. The van der Waals surface area contributed by atoms with Crippen LogP contribution in [0.5, 0.6) is 0 Å². The predicted molar refractivity (Wildman–Crippen MR) is 80.9 cm³/mol. The Morgan fingerprint density at radius 1 is 1.32 bits per heavy atom. The van der Waals surface area contributed by atoms with Crippen molar-refractivity contribution in [3.05, 3.63) is 53.6 Å². The lowest BCUT2D eigenvalue weighted by Gasteiger charge is -2.43. The Labute approximate surface area is 115 Å². The van der Waals surface area contributed by atoms with E-state index in [9.17, 15) is 0 Å². The van der Waals surface area contributed by atoms with Gasteiger partial charge in [0.05, 0.1) is 0 Å². The Bertz CT molecular complexity index is 544. The van der Waals surface area contributed by atoms with Gasteiger partial charge in [0.15, 0.2) is 0 Å². The zero-order valence-electron chi connectivity index (χ0n) is 11.8. The van der Waals surface area contributed by atoms with E-state index in [1.54, 1.807) is 0 Å². The maximum Gasteiger partial charge on any atom is 0.0362 e.